The zero-order valence-electron chi connectivity index (χ0n) is 10.4. The summed E-state index contributed by atoms with van der Waals surface area (Å²) >= 11 is 0. The van der Waals surface area contributed by atoms with Crippen LogP contribution in [0.3, 0.4) is 0 Å². The molecule has 3 N–H and O–H groups in total. The van der Waals surface area contributed by atoms with Crippen LogP contribution < -0.4 is 10.5 Å². The van der Waals surface area contributed by atoms with Crippen LogP contribution in [-0.4, -0.2) is 49.1 Å². The number of aliphatic hydroxyl groups is 1. The molecule has 0 aromatic heterocycles. The Balaban J connectivity index is 1.93. The molecule has 1 fully saturated rings. The Morgan fingerprint density at radius 2 is 2.33 bits per heavy atom. The van der Waals surface area contributed by atoms with Crippen LogP contribution in [0, 0.1) is 0 Å². The second kappa shape index (κ2) is 5.37. The summed E-state index contributed by atoms with van der Waals surface area (Å²) in [5.41, 5.74) is 7.58. The molecule has 0 amide bonds. The molecule has 0 spiro atoms. The maximum Gasteiger partial charge on any atom is 0.149 e. The number of ether oxygens (including phenoxy) is 1. The molecule has 0 radical (unpaired) electrons. The van der Waals surface area contributed by atoms with E-state index < -0.39 is 6.10 Å². The molecule has 2 rings (SSSR count). The van der Waals surface area contributed by atoms with Gasteiger partial charge in [0, 0.05) is 25.6 Å². The van der Waals surface area contributed by atoms with E-state index in [0.717, 1.165) is 13.1 Å². The number of anilines is 1. The molecule has 5 heteroatoms. The van der Waals surface area contributed by atoms with Crippen molar-refractivity contribution in [2.45, 2.75) is 12.0 Å². The van der Waals surface area contributed by atoms with Crippen molar-refractivity contribution in [2.75, 3.05) is 32.5 Å². The van der Waals surface area contributed by atoms with Crippen molar-refractivity contribution in [1.29, 1.82) is 0 Å². The molecular weight excluding hydrogens is 232 g/mol. The highest BCUT2D eigenvalue weighted by molar-refractivity contribution is 5.56. The van der Waals surface area contributed by atoms with E-state index in [2.05, 4.69) is 0 Å². The van der Waals surface area contributed by atoms with Crippen molar-refractivity contribution in [3.8, 4) is 5.75 Å². The molecule has 1 heterocycles. The third-order valence-corrected chi connectivity index (χ3v) is 3.29. The van der Waals surface area contributed by atoms with Crippen LogP contribution in [0.25, 0.3) is 0 Å². The van der Waals surface area contributed by atoms with Gasteiger partial charge in [0.05, 0.1) is 12.8 Å². The van der Waals surface area contributed by atoms with Gasteiger partial charge in [0.1, 0.15) is 18.1 Å². The van der Waals surface area contributed by atoms with E-state index >= 15 is 0 Å². The molecule has 1 atom stereocenters. The van der Waals surface area contributed by atoms with Gasteiger partial charge in [-0.25, -0.2) is 0 Å². The maximum atomic E-state index is 10.3. The van der Waals surface area contributed by atoms with Gasteiger partial charge in [0.15, 0.2) is 0 Å². The molecule has 0 unspecified atom stereocenters. The second-order valence-corrected chi connectivity index (χ2v) is 4.62. The van der Waals surface area contributed by atoms with Crippen LogP contribution in [0.1, 0.15) is 11.5 Å². The smallest absolute Gasteiger partial charge is 0.149 e. The molecule has 1 aromatic carbocycles. The van der Waals surface area contributed by atoms with E-state index in [1.54, 1.807) is 7.11 Å². The van der Waals surface area contributed by atoms with E-state index in [-0.39, 0.29) is 0 Å². The van der Waals surface area contributed by atoms with Gasteiger partial charge in [0.2, 0.25) is 0 Å². The van der Waals surface area contributed by atoms with Gasteiger partial charge in [-0.15, -0.1) is 0 Å². The molecule has 0 saturated carbocycles. The lowest BCUT2D eigenvalue weighted by Crippen LogP contribution is -2.48. The molecule has 1 aliphatic heterocycles. The molecule has 0 aliphatic carbocycles. The Labute approximate surface area is 106 Å². The summed E-state index contributed by atoms with van der Waals surface area (Å²) in [5, 5.41) is 9.22. The van der Waals surface area contributed by atoms with Gasteiger partial charge in [-0.05, 0) is 17.7 Å². The summed E-state index contributed by atoms with van der Waals surface area (Å²) in [6, 6.07) is 5.79. The van der Waals surface area contributed by atoms with Crippen LogP contribution in [0.4, 0.5) is 5.69 Å². The minimum Gasteiger partial charge on any atom is -0.495 e. The van der Waals surface area contributed by atoms with Crippen LogP contribution in [0.5, 0.6) is 5.75 Å². The number of nitrogens with zero attached hydrogens (tertiary/aromatic N) is 1. The third kappa shape index (κ3) is 2.63. The summed E-state index contributed by atoms with van der Waals surface area (Å²) in [6.45, 7) is 2.10. The molecule has 1 saturated heterocycles. The first-order chi connectivity index (χ1) is 8.63. The number of methoxy groups -OCH3 is 1. The summed E-state index contributed by atoms with van der Waals surface area (Å²) in [4.78, 5) is 12.4. The Bertz CT molecular complexity index is 430. The Kier molecular flexibility index (Phi) is 3.84. The SMILES string of the molecule is COc1cc(C2CN(C[C@@H](O)C=O)C2)ccc1N. The number of carbonyl (C=O) groups is 1. The fraction of sp³-hybridized carbons (Fsp3) is 0.462. The maximum absolute atomic E-state index is 10.3. The number of aliphatic hydroxyl groups excluding tert-OH is 1. The van der Waals surface area contributed by atoms with Crippen LogP contribution >= 0.6 is 0 Å². The normalized spacial score (nSPS) is 18.1. The lowest BCUT2D eigenvalue weighted by Gasteiger charge is -2.40. The molecule has 1 aliphatic rings. The zero-order valence-corrected chi connectivity index (χ0v) is 10.4. The number of aldehydes is 1. The molecule has 18 heavy (non-hydrogen) atoms. The quantitative estimate of drug-likeness (QED) is 0.578. The molecule has 5 nitrogen and oxygen atoms in total. The van der Waals surface area contributed by atoms with Crippen molar-refractivity contribution in [2.24, 2.45) is 0 Å². The predicted octanol–water partition coefficient (Wildman–Crippen LogP) is 0.236. The number of rotatable bonds is 5. The fourth-order valence-electron chi connectivity index (χ4n) is 2.22. The number of nitrogen functional groups attached to an aromatic ring is 1. The van der Waals surface area contributed by atoms with E-state index in [0.29, 0.717) is 30.2 Å². The highest BCUT2D eigenvalue weighted by Gasteiger charge is 2.29. The predicted molar refractivity (Wildman–Crippen MR) is 68.7 cm³/mol. The van der Waals surface area contributed by atoms with Crippen LogP contribution in [0.2, 0.25) is 0 Å². The molecule has 1 aromatic rings. The average molecular weight is 250 g/mol. The van der Waals surface area contributed by atoms with Gasteiger partial charge < -0.3 is 20.4 Å². The monoisotopic (exact) mass is 250 g/mol. The molecule has 0 bridgehead atoms. The zero-order chi connectivity index (χ0) is 13.1. The van der Waals surface area contributed by atoms with E-state index in [4.69, 9.17) is 10.5 Å². The second-order valence-electron chi connectivity index (χ2n) is 4.62. The van der Waals surface area contributed by atoms with Crippen molar-refractivity contribution in [3.05, 3.63) is 23.8 Å². The summed E-state index contributed by atoms with van der Waals surface area (Å²) in [7, 11) is 1.60. The lowest BCUT2D eigenvalue weighted by molar-refractivity contribution is -0.116. The van der Waals surface area contributed by atoms with Crippen LogP contribution in [-0.2, 0) is 4.79 Å². The van der Waals surface area contributed by atoms with E-state index in [1.165, 1.54) is 5.56 Å². The minimum atomic E-state index is -0.882. The first kappa shape index (κ1) is 12.9. The largest absolute Gasteiger partial charge is 0.495 e. The fourth-order valence-corrected chi connectivity index (χ4v) is 2.22. The standard InChI is InChI=1S/C13H18N2O3/c1-18-13-4-9(2-3-12(13)14)10-5-15(6-10)7-11(17)8-16/h2-4,8,10-11,17H,5-7,14H2,1H3/t11-/m1/s1. The number of β-amino-alcohol motifs (C(OH)–C–C–N with tert-alkyl or cyclic N) is 1. The van der Waals surface area contributed by atoms with E-state index in [1.807, 2.05) is 23.1 Å². The first-order valence-corrected chi connectivity index (χ1v) is 5.93. The average Bonchev–Trinajstić information content (AvgIpc) is 2.34. The molecular formula is C13H18N2O3. The van der Waals surface area contributed by atoms with Crippen molar-refractivity contribution >= 4 is 12.0 Å². The van der Waals surface area contributed by atoms with Gasteiger partial charge in [0.25, 0.3) is 0 Å². The minimum absolute atomic E-state index is 0.409. The molecule has 98 valence electrons. The number of carbonyl (C=O) groups excluding carboxylic acids is 1. The highest BCUT2D eigenvalue weighted by Crippen LogP contribution is 2.31. The summed E-state index contributed by atoms with van der Waals surface area (Å²) in [6.07, 6.45) is -0.313. The highest BCUT2D eigenvalue weighted by atomic mass is 16.5. The Hall–Kier alpha value is -1.59. The van der Waals surface area contributed by atoms with Crippen molar-refractivity contribution < 1.29 is 14.6 Å². The van der Waals surface area contributed by atoms with Crippen LogP contribution in [0.15, 0.2) is 18.2 Å². The number of hydrogen-bond donors (Lipinski definition) is 2. The van der Waals surface area contributed by atoms with Gasteiger partial charge >= 0.3 is 0 Å². The number of nitrogens with two attached hydrogens (primary N) is 1. The topological polar surface area (TPSA) is 75.8 Å². The van der Waals surface area contributed by atoms with Gasteiger partial charge in [-0.1, -0.05) is 6.07 Å². The van der Waals surface area contributed by atoms with Crippen molar-refractivity contribution in [1.82, 2.24) is 4.90 Å². The lowest BCUT2D eigenvalue weighted by atomic mass is 9.91. The summed E-state index contributed by atoms with van der Waals surface area (Å²) in [5.74, 6) is 1.11. The number of likely N-dealkylation sites (tertiary alicyclic amines) is 1. The van der Waals surface area contributed by atoms with Gasteiger partial charge in [-0.2, -0.15) is 0 Å². The summed E-state index contributed by atoms with van der Waals surface area (Å²) < 4.78 is 5.19. The van der Waals surface area contributed by atoms with E-state index in [9.17, 15) is 9.90 Å². The van der Waals surface area contributed by atoms with Gasteiger partial charge in [-0.3, -0.25) is 4.90 Å². The first-order valence-electron chi connectivity index (χ1n) is 5.93. The third-order valence-electron chi connectivity index (χ3n) is 3.29. The number of benzene rings is 1. The number of hydrogen-bond acceptors (Lipinski definition) is 5. The Morgan fingerprint density at radius 1 is 1.61 bits per heavy atom. The van der Waals surface area contributed by atoms with Crippen molar-refractivity contribution in [3.63, 3.8) is 0 Å². The Morgan fingerprint density at radius 3 is 2.94 bits per heavy atom.